The van der Waals surface area contributed by atoms with Gasteiger partial charge in [-0.3, -0.25) is 19.3 Å². The number of aromatic nitrogens is 1. The van der Waals surface area contributed by atoms with Crippen molar-refractivity contribution in [3.63, 3.8) is 0 Å². The molecule has 1 amide bonds. The minimum absolute atomic E-state index is 0.227. The summed E-state index contributed by atoms with van der Waals surface area (Å²) in [5.74, 6) is -2.00. The lowest BCUT2D eigenvalue weighted by atomic mass is 9.81. The summed E-state index contributed by atoms with van der Waals surface area (Å²) >= 11 is 3.47. The van der Waals surface area contributed by atoms with Gasteiger partial charge in [-0.25, -0.2) is 0 Å². The Hall–Kier alpha value is -2.49. The first kappa shape index (κ1) is 21.7. The summed E-state index contributed by atoms with van der Waals surface area (Å²) in [5, 5.41) is 12.1. The van der Waals surface area contributed by atoms with Crippen LogP contribution < -0.4 is 10.4 Å². The van der Waals surface area contributed by atoms with Crippen LogP contribution in [0, 0.1) is 5.92 Å². The molecular formula is C21H21BrF3N3O3. The molecule has 1 aromatic heterocycles. The fourth-order valence-electron chi connectivity index (χ4n) is 4.79. The Morgan fingerprint density at radius 2 is 1.87 bits per heavy atom. The number of aromatic hydroxyl groups is 1. The number of hydrogen-bond donors (Lipinski definition) is 1. The molecule has 1 saturated heterocycles. The van der Waals surface area contributed by atoms with Crippen LogP contribution in [-0.4, -0.2) is 39.5 Å². The maximum absolute atomic E-state index is 13.5. The van der Waals surface area contributed by atoms with E-state index in [1.165, 1.54) is 15.8 Å². The SMILES string of the molecule is CCN1C(=O)c2c(O)c(=O)ccn2N2C(c3ccccc3Br)C(CC(F)(F)F)CCC12. The van der Waals surface area contributed by atoms with Gasteiger partial charge in [0.1, 0.15) is 6.17 Å². The normalized spacial score (nSPS) is 23.5. The summed E-state index contributed by atoms with van der Waals surface area (Å²) in [6, 6.07) is 7.44. The van der Waals surface area contributed by atoms with E-state index in [-0.39, 0.29) is 18.7 Å². The van der Waals surface area contributed by atoms with Crippen molar-refractivity contribution in [2.75, 3.05) is 11.6 Å². The molecule has 3 unspecified atom stereocenters. The molecule has 2 aliphatic heterocycles. The Labute approximate surface area is 185 Å². The van der Waals surface area contributed by atoms with Crippen molar-refractivity contribution in [3.05, 3.63) is 62.5 Å². The molecule has 2 aromatic rings. The van der Waals surface area contributed by atoms with Crippen LogP contribution >= 0.6 is 15.9 Å². The maximum Gasteiger partial charge on any atom is 0.389 e. The van der Waals surface area contributed by atoms with Crippen LogP contribution in [-0.2, 0) is 0 Å². The number of carbonyl (C=O) groups excluding carboxylic acids is 1. The highest BCUT2D eigenvalue weighted by Gasteiger charge is 2.49. The van der Waals surface area contributed by atoms with E-state index in [2.05, 4.69) is 15.9 Å². The number of nitrogens with zero attached hydrogens (tertiary/aromatic N) is 3. The molecule has 0 spiro atoms. The lowest BCUT2D eigenvalue weighted by molar-refractivity contribution is -0.149. The van der Waals surface area contributed by atoms with Gasteiger partial charge in [0.15, 0.2) is 11.4 Å². The van der Waals surface area contributed by atoms with Crippen molar-refractivity contribution >= 4 is 21.8 Å². The van der Waals surface area contributed by atoms with Crippen molar-refractivity contribution in [2.45, 2.75) is 44.6 Å². The minimum atomic E-state index is -4.36. The summed E-state index contributed by atoms with van der Waals surface area (Å²) < 4.78 is 42.5. The first-order valence-corrected chi connectivity index (χ1v) is 10.8. The zero-order chi connectivity index (χ0) is 22.5. The standard InChI is InChI=1S/C21H21BrF3N3O3/c1-2-26-16-8-7-12(11-21(23,24)25)17(13-5-3-4-6-14(13)22)28(16)27-10-9-15(29)19(30)18(27)20(26)31/h3-6,9-10,12,16-17,30H,2,7-8,11H2,1H3. The van der Waals surface area contributed by atoms with E-state index in [1.807, 2.05) is 0 Å². The topological polar surface area (TPSA) is 65.8 Å². The molecule has 10 heteroatoms. The molecular weight excluding hydrogens is 479 g/mol. The zero-order valence-electron chi connectivity index (χ0n) is 16.6. The number of piperidine rings is 1. The molecule has 0 saturated carbocycles. The fraction of sp³-hybridized carbons (Fsp3) is 0.429. The first-order chi connectivity index (χ1) is 14.6. The quantitative estimate of drug-likeness (QED) is 0.688. The van der Waals surface area contributed by atoms with Crippen LogP contribution in [0.25, 0.3) is 0 Å². The smallest absolute Gasteiger partial charge is 0.389 e. The Kier molecular flexibility index (Phi) is 5.53. The van der Waals surface area contributed by atoms with Crippen LogP contribution in [0.3, 0.4) is 0 Å². The number of rotatable bonds is 3. The Bertz CT molecular complexity index is 1070. The van der Waals surface area contributed by atoms with E-state index in [0.717, 1.165) is 6.07 Å². The molecule has 0 aliphatic carbocycles. The number of hydrogen-bond acceptors (Lipinski definition) is 4. The van der Waals surface area contributed by atoms with Gasteiger partial charge in [0.25, 0.3) is 5.91 Å². The van der Waals surface area contributed by atoms with E-state index in [9.17, 15) is 27.9 Å². The molecule has 6 nitrogen and oxygen atoms in total. The van der Waals surface area contributed by atoms with E-state index in [0.29, 0.717) is 16.5 Å². The van der Waals surface area contributed by atoms with Crippen LogP contribution in [0.15, 0.2) is 45.8 Å². The monoisotopic (exact) mass is 499 g/mol. The molecule has 2 aliphatic rings. The summed E-state index contributed by atoms with van der Waals surface area (Å²) in [6.07, 6.45) is -3.88. The van der Waals surface area contributed by atoms with Crippen LogP contribution in [0.1, 0.15) is 48.3 Å². The fourth-order valence-corrected chi connectivity index (χ4v) is 5.31. The second-order valence-corrected chi connectivity index (χ2v) is 8.65. The van der Waals surface area contributed by atoms with Gasteiger partial charge in [-0.1, -0.05) is 34.1 Å². The van der Waals surface area contributed by atoms with Crippen molar-refractivity contribution in [2.24, 2.45) is 5.92 Å². The van der Waals surface area contributed by atoms with Crippen molar-refractivity contribution in [1.82, 2.24) is 9.58 Å². The van der Waals surface area contributed by atoms with E-state index in [1.54, 1.807) is 36.2 Å². The van der Waals surface area contributed by atoms with Gasteiger partial charge < -0.3 is 10.0 Å². The molecule has 166 valence electrons. The lowest BCUT2D eigenvalue weighted by Crippen LogP contribution is -2.65. The predicted molar refractivity (Wildman–Crippen MR) is 111 cm³/mol. The van der Waals surface area contributed by atoms with Gasteiger partial charge in [-0.15, -0.1) is 0 Å². The maximum atomic E-state index is 13.5. The van der Waals surface area contributed by atoms with E-state index < -0.39 is 47.8 Å². The second-order valence-electron chi connectivity index (χ2n) is 7.80. The molecule has 3 atom stereocenters. The van der Waals surface area contributed by atoms with Crippen molar-refractivity contribution < 1.29 is 23.1 Å². The molecule has 1 aromatic carbocycles. The number of benzene rings is 1. The number of pyridine rings is 1. The largest absolute Gasteiger partial charge is 0.502 e. The summed E-state index contributed by atoms with van der Waals surface area (Å²) in [5.41, 5.74) is -0.290. The molecule has 31 heavy (non-hydrogen) atoms. The Morgan fingerprint density at radius 1 is 1.16 bits per heavy atom. The van der Waals surface area contributed by atoms with Gasteiger partial charge in [-0.2, -0.15) is 13.2 Å². The number of carbonyl (C=O) groups is 1. The van der Waals surface area contributed by atoms with Crippen LogP contribution in [0.5, 0.6) is 5.75 Å². The molecule has 0 radical (unpaired) electrons. The van der Waals surface area contributed by atoms with Gasteiger partial charge in [-0.05, 0) is 37.3 Å². The Balaban J connectivity index is 1.96. The van der Waals surface area contributed by atoms with E-state index >= 15 is 0 Å². The number of alkyl halides is 3. The van der Waals surface area contributed by atoms with Gasteiger partial charge in [0.05, 0.1) is 6.04 Å². The lowest BCUT2D eigenvalue weighted by Gasteiger charge is -2.54. The van der Waals surface area contributed by atoms with Gasteiger partial charge in [0.2, 0.25) is 5.43 Å². The van der Waals surface area contributed by atoms with Crippen LogP contribution in [0.2, 0.25) is 0 Å². The zero-order valence-corrected chi connectivity index (χ0v) is 18.2. The summed E-state index contributed by atoms with van der Waals surface area (Å²) in [4.78, 5) is 26.6. The highest BCUT2D eigenvalue weighted by atomic mass is 79.9. The highest BCUT2D eigenvalue weighted by Crippen LogP contribution is 2.47. The average Bonchev–Trinajstić information content (AvgIpc) is 2.70. The van der Waals surface area contributed by atoms with Crippen molar-refractivity contribution in [1.29, 1.82) is 0 Å². The highest BCUT2D eigenvalue weighted by molar-refractivity contribution is 9.10. The molecule has 0 bridgehead atoms. The third-order valence-corrected chi connectivity index (χ3v) is 6.74. The summed E-state index contributed by atoms with van der Waals surface area (Å²) in [6.45, 7) is 2.05. The third-order valence-electron chi connectivity index (χ3n) is 6.02. The van der Waals surface area contributed by atoms with Crippen LogP contribution in [0.4, 0.5) is 13.2 Å². The van der Waals surface area contributed by atoms with E-state index in [4.69, 9.17) is 0 Å². The number of halogens is 4. The predicted octanol–water partition coefficient (Wildman–Crippen LogP) is 4.16. The molecule has 1 fully saturated rings. The number of amides is 1. The minimum Gasteiger partial charge on any atom is -0.502 e. The molecule has 4 rings (SSSR count). The third kappa shape index (κ3) is 3.71. The summed E-state index contributed by atoms with van der Waals surface area (Å²) in [7, 11) is 0. The number of fused-ring (bicyclic) bond motifs is 3. The van der Waals surface area contributed by atoms with Gasteiger partial charge >= 0.3 is 6.18 Å². The van der Waals surface area contributed by atoms with Crippen molar-refractivity contribution in [3.8, 4) is 5.75 Å². The molecule has 1 N–H and O–H groups in total. The second kappa shape index (κ2) is 7.89. The van der Waals surface area contributed by atoms with Gasteiger partial charge in [0, 0.05) is 29.7 Å². The Morgan fingerprint density at radius 3 is 2.52 bits per heavy atom. The molecule has 3 heterocycles. The average molecular weight is 500 g/mol. The first-order valence-electron chi connectivity index (χ1n) is 9.99.